The fourth-order valence-electron chi connectivity index (χ4n) is 1.94. The summed E-state index contributed by atoms with van der Waals surface area (Å²) in [5.74, 6) is -0.353. The van der Waals surface area contributed by atoms with Crippen LogP contribution in [0.25, 0.3) is 0 Å². The van der Waals surface area contributed by atoms with Gasteiger partial charge < -0.3 is 10.6 Å². The van der Waals surface area contributed by atoms with Gasteiger partial charge in [-0.1, -0.05) is 18.2 Å². The summed E-state index contributed by atoms with van der Waals surface area (Å²) in [7, 11) is 1.56. The zero-order valence-electron chi connectivity index (χ0n) is 11.8. The van der Waals surface area contributed by atoms with E-state index in [0.29, 0.717) is 24.1 Å². The third kappa shape index (κ3) is 4.14. The minimum absolute atomic E-state index is 0.129. The molecule has 0 fully saturated rings. The van der Waals surface area contributed by atoms with E-state index >= 15 is 0 Å². The van der Waals surface area contributed by atoms with Gasteiger partial charge in [0.1, 0.15) is 0 Å². The third-order valence-electron chi connectivity index (χ3n) is 3.04. The van der Waals surface area contributed by atoms with E-state index in [9.17, 15) is 9.59 Å². The second-order valence-corrected chi connectivity index (χ2v) is 4.53. The fourth-order valence-corrected chi connectivity index (χ4v) is 1.94. The van der Waals surface area contributed by atoms with Gasteiger partial charge in [-0.2, -0.15) is 0 Å². The Labute approximate surface area is 123 Å². The molecule has 2 aromatic rings. The highest BCUT2D eigenvalue weighted by atomic mass is 16.2. The summed E-state index contributed by atoms with van der Waals surface area (Å²) in [5.41, 5.74) is 1.98. The molecular formula is C16H17N3O2. The summed E-state index contributed by atoms with van der Waals surface area (Å²) < 4.78 is 0. The molecule has 0 bridgehead atoms. The number of pyridine rings is 1. The molecule has 2 amide bonds. The first-order valence-corrected chi connectivity index (χ1v) is 6.70. The molecule has 2 N–H and O–H groups in total. The SMILES string of the molecule is CNC(=O)c1ccccc1NC(=O)CCc1cccnc1. The number of para-hydroxylation sites is 1. The summed E-state index contributed by atoms with van der Waals surface area (Å²) in [6.07, 6.45) is 4.39. The van der Waals surface area contributed by atoms with Crippen LogP contribution in [0.2, 0.25) is 0 Å². The maximum atomic E-state index is 12.0. The minimum Gasteiger partial charge on any atom is -0.355 e. The Balaban J connectivity index is 1.98. The number of nitrogens with one attached hydrogen (secondary N) is 2. The molecule has 0 saturated heterocycles. The quantitative estimate of drug-likeness (QED) is 0.881. The van der Waals surface area contributed by atoms with E-state index in [4.69, 9.17) is 0 Å². The average molecular weight is 283 g/mol. The summed E-state index contributed by atoms with van der Waals surface area (Å²) in [4.78, 5) is 27.7. The number of carbonyl (C=O) groups excluding carboxylic acids is 2. The van der Waals surface area contributed by atoms with Gasteiger partial charge in [0.15, 0.2) is 0 Å². The van der Waals surface area contributed by atoms with Gasteiger partial charge in [-0.3, -0.25) is 14.6 Å². The second-order valence-electron chi connectivity index (χ2n) is 4.53. The maximum absolute atomic E-state index is 12.0. The van der Waals surface area contributed by atoms with E-state index in [-0.39, 0.29) is 11.8 Å². The molecule has 5 nitrogen and oxygen atoms in total. The van der Waals surface area contributed by atoms with Crippen molar-refractivity contribution in [1.29, 1.82) is 0 Å². The van der Waals surface area contributed by atoms with Gasteiger partial charge in [-0.25, -0.2) is 0 Å². The smallest absolute Gasteiger partial charge is 0.253 e. The van der Waals surface area contributed by atoms with Crippen molar-refractivity contribution in [3.05, 3.63) is 59.9 Å². The van der Waals surface area contributed by atoms with Crippen LogP contribution < -0.4 is 10.6 Å². The van der Waals surface area contributed by atoms with Crippen LogP contribution in [-0.4, -0.2) is 23.8 Å². The van der Waals surface area contributed by atoms with E-state index in [0.717, 1.165) is 5.56 Å². The fraction of sp³-hybridized carbons (Fsp3) is 0.188. The lowest BCUT2D eigenvalue weighted by molar-refractivity contribution is -0.116. The Kier molecular flexibility index (Phi) is 5.04. The van der Waals surface area contributed by atoms with Crippen molar-refractivity contribution in [1.82, 2.24) is 10.3 Å². The Morgan fingerprint density at radius 3 is 2.67 bits per heavy atom. The van der Waals surface area contributed by atoms with Crippen LogP contribution >= 0.6 is 0 Å². The van der Waals surface area contributed by atoms with Gasteiger partial charge >= 0.3 is 0 Å². The predicted octanol–water partition coefficient (Wildman–Crippen LogP) is 2.01. The third-order valence-corrected chi connectivity index (χ3v) is 3.04. The summed E-state index contributed by atoms with van der Waals surface area (Å²) in [6.45, 7) is 0. The first-order valence-electron chi connectivity index (χ1n) is 6.70. The van der Waals surface area contributed by atoms with Crippen molar-refractivity contribution < 1.29 is 9.59 Å². The van der Waals surface area contributed by atoms with Gasteiger partial charge in [0.2, 0.25) is 5.91 Å². The Morgan fingerprint density at radius 1 is 1.14 bits per heavy atom. The highest BCUT2D eigenvalue weighted by Gasteiger charge is 2.11. The molecule has 0 aliphatic heterocycles. The summed E-state index contributed by atoms with van der Waals surface area (Å²) in [5, 5.41) is 5.33. The standard InChI is InChI=1S/C16H17N3O2/c1-17-16(21)13-6-2-3-7-14(13)19-15(20)9-8-12-5-4-10-18-11-12/h2-7,10-11H,8-9H2,1H3,(H,17,21)(H,19,20). The second kappa shape index (κ2) is 7.19. The Morgan fingerprint density at radius 2 is 1.95 bits per heavy atom. The molecule has 5 heteroatoms. The van der Waals surface area contributed by atoms with E-state index in [1.807, 2.05) is 12.1 Å². The average Bonchev–Trinajstić information content (AvgIpc) is 2.54. The van der Waals surface area contributed by atoms with Crippen molar-refractivity contribution in [2.75, 3.05) is 12.4 Å². The minimum atomic E-state index is -0.224. The van der Waals surface area contributed by atoms with Crippen molar-refractivity contribution in [2.45, 2.75) is 12.8 Å². The summed E-state index contributed by atoms with van der Waals surface area (Å²) in [6, 6.07) is 10.7. The number of aromatic nitrogens is 1. The van der Waals surface area contributed by atoms with E-state index in [1.165, 1.54) is 0 Å². The molecule has 0 aliphatic carbocycles. The van der Waals surface area contributed by atoms with Crippen molar-refractivity contribution in [3.63, 3.8) is 0 Å². The normalized spacial score (nSPS) is 9.95. The van der Waals surface area contributed by atoms with Crippen LogP contribution in [0.4, 0.5) is 5.69 Å². The number of carbonyl (C=O) groups is 2. The lowest BCUT2D eigenvalue weighted by atomic mass is 10.1. The highest BCUT2D eigenvalue weighted by molar-refractivity contribution is 6.03. The number of nitrogens with zero attached hydrogens (tertiary/aromatic N) is 1. The number of hydrogen-bond donors (Lipinski definition) is 2. The van der Waals surface area contributed by atoms with Crippen LogP contribution in [-0.2, 0) is 11.2 Å². The molecule has 0 atom stereocenters. The van der Waals surface area contributed by atoms with Gasteiger partial charge in [-0.15, -0.1) is 0 Å². The van der Waals surface area contributed by atoms with Gasteiger partial charge in [0, 0.05) is 25.9 Å². The number of aryl methyl sites for hydroxylation is 1. The topological polar surface area (TPSA) is 71.1 Å². The zero-order chi connectivity index (χ0) is 15.1. The van der Waals surface area contributed by atoms with Crippen LogP contribution in [0.15, 0.2) is 48.8 Å². The Bertz CT molecular complexity index is 626. The molecule has 0 saturated carbocycles. The van der Waals surface area contributed by atoms with E-state index < -0.39 is 0 Å². The molecule has 108 valence electrons. The van der Waals surface area contributed by atoms with Crippen LogP contribution in [0.3, 0.4) is 0 Å². The molecule has 0 unspecified atom stereocenters. The van der Waals surface area contributed by atoms with Crippen LogP contribution in [0, 0.1) is 0 Å². The molecule has 21 heavy (non-hydrogen) atoms. The van der Waals surface area contributed by atoms with Gasteiger partial charge in [0.25, 0.3) is 5.91 Å². The monoisotopic (exact) mass is 283 g/mol. The molecule has 0 aliphatic rings. The van der Waals surface area contributed by atoms with Crippen LogP contribution in [0.1, 0.15) is 22.3 Å². The van der Waals surface area contributed by atoms with Crippen molar-refractivity contribution >= 4 is 17.5 Å². The first-order chi connectivity index (χ1) is 10.2. The zero-order valence-corrected chi connectivity index (χ0v) is 11.8. The van der Waals surface area contributed by atoms with Crippen molar-refractivity contribution in [2.24, 2.45) is 0 Å². The molecule has 0 radical (unpaired) electrons. The molecular weight excluding hydrogens is 266 g/mol. The van der Waals surface area contributed by atoms with Crippen LogP contribution in [0.5, 0.6) is 0 Å². The molecule has 0 spiro atoms. The summed E-state index contributed by atoms with van der Waals surface area (Å²) >= 11 is 0. The largest absolute Gasteiger partial charge is 0.355 e. The number of hydrogen-bond acceptors (Lipinski definition) is 3. The number of rotatable bonds is 5. The molecule has 1 aromatic carbocycles. The maximum Gasteiger partial charge on any atom is 0.253 e. The van der Waals surface area contributed by atoms with Gasteiger partial charge in [0.05, 0.1) is 11.3 Å². The number of anilines is 1. The van der Waals surface area contributed by atoms with E-state index in [1.54, 1.807) is 43.7 Å². The molecule has 1 heterocycles. The predicted molar refractivity (Wildman–Crippen MR) is 81.0 cm³/mol. The van der Waals surface area contributed by atoms with Crippen molar-refractivity contribution in [3.8, 4) is 0 Å². The lowest BCUT2D eigenvalue weighted by Crippen LogP contribution is -2.21. The highest BCUT2D eigenvalue weighted by Crippen LogP contribution is 2.15. The van der Waals surface area contributed by atoms with Gasteiger partial charge in [-0.05, 0) is 30.2 Å². The van der Waals surface area contributed by atoms with E-state index in [2.05, 4.69) is 15.6 Å². The lowest BCUT2D eigenvalue weighted by Gasteiger charge is -2.10. The Hall–Kier alpha value is -2.69. The number of amides is 2. The number of benzene rings is 1. The molecule has 1 aromatic heterocycles. The first kappa shape index (κ1) is 14.7. The molecule has 2 rings (SSSR count).